The summed E-state index contributed by atoms with van der Waals surface area (Å²) >= 11 is 0. The van der Waals surface area contributed by atoms with Gasteiger partial charge in [0, 0.05) is 20.1 Å². The molecule has 0 saturated carbocycles. The second-order valence-corrected chi connectivity index (χ2v) is 6.51. The number of rotatable bonds is 12. The van der Waals surface area contributed by atoms with Crippen molar-refractivity contribution in [2.45, 2.75) is 52.5 Å². The summed E-state index contributed by atoms with van der Waals surface area (Å²) in [6.45, 7) is 5.92. The predicted octanol–water partition coefficient (Wildman–Crippen LogP) is 2.82. The van der Waals surface area contributed by atoms with Gasteiger partial charge in [0.2, 0.25) is 0 Å². The summed E-state index contributed by atoms with van der Waals surface area (Å²) in [6.07, 6.45) is 6.22. The number of guanidine groups is 1. The van der Waals surface area contributed by atoms with Gasteiger partial charge >= 0.3 is 0 Å². The predicted molar refractivity (Wildman–Crippen MR) is 107 cm³/mol. The second-order valence-electron chi connectivity index (χ2n) is 6.51. The molecule has 0 fully saturated rings. The van der Waals surface area contributed by atoms with Gasteiger partial charge in [0.1, 0.15) is 5.75 Å². The maximum atomic E-state index is 10.8. The van der Waals surface area contributed by atoms with Crippen LogP contribution in [0.2, 0.25) is 0 Å². The smallest absolute Gasteiger partial charge is 0.255 e. The molecule has 146 valence electrons. The fourth-order valence-corrected chi connectivity index (χ4v) is 2.80. The van der Waals surface area contributed by atoms with Crippen LogP contribution in [0.5, 0.6) is 5.75 Å². The van der Waals surface area contributed by atoms with Crippen LogP contribution in [0.25, 0.3) is 0 Å². The van der Waals surface area contributed by atoms with Crippen LogP contribution in [0.3, 0.4) is 0 Å². The number of amides is 1. The number of benzene rings is 1. The van der Waals surface area contributed by atoms with Crippen LogP contribution in [0, 0.1) is 5.92 Å². The molecule has 6 heteroatoms. The molecule has 1 atom stereocenters. The molecule has 0 radical (unpaired) electrons. The number of carbonyl (C=O) groups excluding carboxylic acids is 1. The van der Waals surface area contributed by atoms with E-state index in [9.17, 15) is 4.79 Å². The van der Waals surface area contributed by atoms with Gasteiger partial charge in [-0.05, 0) is 36.5 Å². The molecule has 4 N–H and O–H groups in total. The van der Waals surface area contributed by atoms with Gasteiger partial charge in [-0.2, -0.15) is 0 Å². The number of aliphatic imine (C=N–C) groups is 1. The third kappa shape index (κ3) is 9.30. The topological polar surface area (TPSA) is 88.7 Å². The van der Waals surface area contributed by atoms with E-state index in [2.05, 4.69) is 29.5 Å². The van der Waals surface area contributed by atoms with Crippen molar-refractivity contribution >= 4 is 11.9 Å². The standard InChI is InChI=1S/C20H34N4O2/c1-4-6-9-16(8-5-2)13-23-20(22-3)24-14-17-10-7-11-18(12-17)26-15-19(21)25/h7,10-12,16H,4-6,8-9,13-15H2,1-3H3,(H2,21,25)(H2,22,23,24). The van der Waals surface area contributed by atoms with Gasteiger partial charge in [0.05, 0.1) is 0 Å². The first-order valence-electron chi connectivity index (χ1n) is 9.53. The van der Waals surface area contributed by atoms with Gasteiger partial charge in [0.25, 0.3) is 5.91 Å². The lowest BCUT2D eigenvalue weighted by molar-refractivity contribution is -0.119. The highest BCUT2D eigenvalue weighted by Crippen LogP contribution is 2.14. The number of carbonyl (C=O) groups is 1. The van der Waals surface area contributed by atoms with E-state index in [4.69, 9.17) is 10.5 Å². The average molecular weight is 363 g/mol. The highest BCUT2D eigenvalue weighted by molar-refractivity contribution is 5.79. The van der Waals surface area contributed by atoms with Crippen molar-refractivity contribution in [1.29, 1.82) is 0 Å². The zero-order valence-electron chi connectivity index (χ0n) is 16.4. The van der Waals surface area contributed by atoms with Crippen LogP contribution in [0.1, 0.15) is 51.5 Å². The van der Waals surface area contributed by atoms with Gasteiger partial charge in [-0.25, -0.2) is 0 Å². The number of primary amides is 1. The van der Waals surface area contributed by atoms with E-state index < -0.39 is 5.91 Å². The summed E-state index contributed by atoms with van der Waals surface area (Å²) in [5.41, 5.74) is 6.15. The van der Waals surface area contributed by atoms with Gasteiger partial charge in [-0.15, -0.1) is 0 Å². The Morgan fingerprint density at radius 1 is 1.23 bits per heavy atom. The first kappa shape index (κ1) is 21.8. The van der Waals surface area contributed by atoms with Gasteiger partial charge in [-0.3, -0.25) is 9.79 Å². The van der Waals surface area contributed by atoms with E-state index in [0.717, 1.165) is 18.1 Å². The number of nitrogens with one attached hydrogen (secondary N) is 2. The monoisotopic (exact) mass is 362 g/mol. The molecule has 1 unspecified atom stereocenters. The number of nitrogens with zero attached hydrogens (tertiary/aromatic N) is 1. The van der Waals surface area contributed by atoms with E-state index in [-0.39, 0.29) is 6.61 Å². The summed E-state index contributed by atoms with van der Waals surface area (Å²) in [7, 11) is 1.78. The molecule has 0 aromatic heterocycles. The Morgan fingerprint density at radius 2 is 2.04 bits per heavy atom. The average Bonchev–Trinajstić information content (AvgIpc) is 2.64. The van der Waals surface area contributed by atoms with Crippen LogP contribution in [-0.2, 0) is 11.3 Å². The Kier molecular flexibility index (Phi) is 10.9. The molecule has 0 aliphatic heterocycles. The maximum Gasteiger partial charge on any atom is 0.255 e. The summed E-state index contributed by atoms with van der Waals surface area (Å²) in [4.78, 5) is 15.1. The minimum absolute atomic E-state index is 0.114. The zero-order valence-corrected chi connectivity index (χ0v) is 16.4. The first-order chi connectivity index (χ1) is 12.6. The van der Waals surface area contributed by atoms with Crippen molar-refractivity contribution in [1.82, 2.24) is 10.6 Å². The summed E-state index contributed by atoms with van der Waals surface area (Å²) in [5, 5.41) is 6.76. The Labute approximate surface area is 157 Å². The fraction of sp³-hybridized carbons (Fsp3) is 0.600. The Morgan fingerprint density at radius 3 is 2.69 bits per heavy atom. The van der Waals surface area contributed by atoms with Crippen molar-refractivity contribution in [2.24, 2.45) is 16.6 Å². The maximum absolute atomic E-state index is 10.8. The first-order valence-corrected chi connectivity index (χ1v) is 9.53. The van der Waals surface area contributed by atoms with E-state index in [1.807, 2.05) is 24.3 Å². The molecule has 0 saturated heterocycles. The van der Waals surface area contributed by atoms with Gasteiger partial charge in [0.15, 0.2) is 12.6 Å². The Bertz CT molecular complexity index is 560. The molecular formula is C20H34N4O2. The highest BCUT2D eigenvalue weighted by Gasteiger charge is 2.08. The van der Waals surface area contributed by atoms with Crippen LogP contribution >= 0.6 is 0 Å². The van der Waals surface area contributed by atoms with Crippen LogP contribution in [0.4, 0.5) is 0 Å². The molecule has 0 aliphatic carbocycles. The Balaban J connectivity index is 2.48. The lowest BCUT2D eigenvalue weighted by atomic mass is 9.97. The number of nitrogens with two attached hydrogens (primary N) is 1. The fourth-order valence-electron chi connectivity index (χ4n) is 2.80. The molecule has 6 nitrogen and oxygen atoms in total. The molecule has 0 aliphatic rings. The molecular weight excluding hydrogens is 328 g/mol. The van der Waals surface area contributed by atoms with Crippen molar-refractivity contribution < 1.29 is 9.53 Å². The lowest BCUT2D eigenvalue weighted by Crippen LogP contribution is -2.39. The highest BCUT2D eigenvalue weighted by atomic mass is 16.5. The summed E-state index contributed by atoms with van der Waals surface area (Å²) in [5.74, 6) is 1.63. The number of ether oxygens (including phenoxy) is 1. The second kappa shape index (κ2) is 13.0. The molecule has 1 amide bonds. The van der Waals surface area contributed by atoms with E-state index >= 15 is 0 Å². The molecule has 1 aromatic carbocycles. The SMILES string of the molecule is CCCCC(CCC)CNC(=NC)NCc1cccc(OCC(N)=O)c1. The van der Waals surface area contributed by atoms with Crippen molar-refractivity contribution in [3.8, 4) is 5.75 Å². The van der Waals surface area contributed by atoms with E-state index in [1.165, 1.54) is 32.1 Å². The van der Waals surface area contributed by atoms with Gasteiger partial charge in [-0.1, -0.05) is 45.2 Å². The molecule has 1 aromatic rings. The van der Waals surface area contributed by atoms with Gasteiger partial charge < -0.3 is 21.1 Å². The normalized spacial score (nSPS) is 12.5. The minimum Gasteiger partial charge on any atom is -0.484 e. The summed E-state index contributed by atoms with van der Waals surface area (Å²) in [6, 6.07) is 7.59. The van der Waals surface area contributed by atoms with Crippen molar-refractivity contribution in [3.05, 3.63) is 29.8 Å². The molecule has 26 heavy (non-hydrogen) atoms. The van der Waals surface area contributed by atoms with Crippen LogP contribution in [-0.4, -0.2) is 32.1 Å². The molecule has 0 bridgehead atoms. The molecule has 1 rings (SSSR count). The lowest BCUT2D eigenvalue weighted by Gasteiger charge is -2.19. The third-order valence-electron chi connectivity index (χ3n) is 4.18. The van der Waals surface area contributed by atoms with Crippen molar-refractivity contribution in [3.63, 3.8) is 0 Å². The number of hydrogen-bond donors (Lipinski definition) is 3. The number of unbranched alkanes of at least 4 members (excludes halogenated alkanes) is 1. The van der Waals surface area contributed by atoms with E-state index in [1.54, 1.807) is 7.05 Å². The minimum atomic E-state index is -0.483. The van der Waals surface area contributed by atoms with Crippen molar-refractivity contribution in [2.75, 3.05) is 20.2 Å². The largest absolute Gasteiger partial charge is 0.484 e. The van der Waals surface area contributed by atoms with Crippen LogP contribution < -0.4 is 21.1 Å². The molecule has 0 spiro atoms. The van der Waals surface area contributed by atoms with Crippen LogP contribution in [0.15, 0.2) is 29.3 Å². The van der Waals surface area contributed by atoms with E-state index in [0.29, 0.717) is 18.2 Å². The quantitative estimate of drug-likeness (QED) is 0.394. The zero-order chi connectivity index (χ0) is 19.2. The number of hydrogen-bond acceptors (Lipinski definition) is 3. The third-order valence-corrected chi connectivity index (χ3v) is 4.18. The Hall–Kier alpha value is -2.24. The summed E-state index contributed by atoms with van der Waals surface area (Å²) < 4.78 is 5.34. The molecule has 0 heterocycles.